The van der Waals surface area contributed by atoms with Gasteiger partial charge in [-0.05, 0) is 19.3 Å². The summed E-state index contributed by atoms with van der Waals surface area (Å²) in [6, 6.07) is 0.0199. The monoisotopic (exact) mass is 149 g/mol. The lowest BCUT2D eigenvalue weighted by Crippen LogP contribution is -2.25. The molecule has 0 aromatic heterocycles. The van der Waals surface area contributed by atoms with Crippen LogP contribution in [0.4, 0.5) is 8.78 Å². The van der Waals surface area contributed by atoms with Crippen LogP contribution in [-0.4, -0.2) is 19.4 Å². The Hall–Kier alpha value is -0.180. The molecule has 1 aliphatic rings. The molecule has 0 bridgehead atoms. The van der Waals surface area contributed by atoms with E-state index >= 15 is 0 Å². The summed E-state index contributed by atoms with van der Waals surface area (Å²) in [5.74, 6) is 0. The Morgan fingerprint density at radius 3 is 2.20 bits per heavy atom. The number of hydrogen-bond donors (Lipinski definition) is 1. The Labute approximate surface area is 59.6 Å². The third-order valence-corrected chi connectivity index (χ3v) is 2.31. The first-order valence-corrected chi connectivity index (χ1v) is 3.60. The van der Waals surface area contributed by atoms with Crippen LogP contribution in [0.15, 0.2) is 0 Å². The van der Waals surface area contributed by atoms with Crippen molar-refractivity contribution in [1.29, 1.82) is 0 Å². The number of rotatable bonds is 2. The zero-order chi connectivity index (χ0) is 7.61. The zero-order valence-corrected chi connectivity index (χ0v) is 5.95. The second-order valence-electron chi connectivity index (χ2n) is 3.27. The molecule has 1 rings (SSSR count). The molecule has 1 aliphatic carbocycles. The molecule has 0 spiro atoms. The topological polar surface area (TPSA) is 26.0 Å². The van der Waals surface area contributed by atoms with Gasteiger partial charge < -0.3 is 5.73 Å². The van der Waals surface area contributed by atoms with Gasteiger partial charge in [0.1, 0.15) is 0 Å². The molecule has 3 heteroatoms. The maximum absolute atomic E-state index is 12.2. The highest BCUT2D eigenvalue weighted by Gasteiger charge is 2.37. The average Bonchev–Trinajstić information content (AvgIpc) is 2.33. The van der Waals surface area contributed by atoms with Crippen molar-refractivity contribution in [1.82, 2.24) is 0 Å². The molecule has 1 nitrogen and oxygen atoms in total. The molecule has 1 atom stereocenters. The van der Waals surface area contributed by atoms with Gasteiger partial charge in [-0.1, -0.05) is 0 Å². The third kappa shape index (κ3) is 1.29. The van der Waals surface area contributed by atoms with Crippen molar-refractivity contribution in [3.8, 4) is 0 Å². The first kappa shape index (κ1) is 7.92. The van der Waals surface area contributed by atoms with Gasteiger partial charge in [0.05, 0.1) is 13.3 Å². The van der Waals surface area contributed by atoms with E-state index in [1.807, 2.05) is 0 Å². The summed E-state index contributed by atoms with van der Waals surface area (Å²) in [6.45, 7) is -1.12. The summed E-state index contributed by atoms with van der Waals surface area (Å²) in [7, 11) is 0. The minimum Gasteiger partial charge on any atom is -0.328 e. The third-order valence-electron chi connectivity index (χ3n) is 2.31. The zero-order valence-electron chi connectivity index (χ0n) is 5.95. The second-order valence-corrected chi connectivity index (χ2v) is 3.27. The molecule has 0 aliphatic heterocycles. The van der Waals surface area contributed by atoms with Crippen molar-refractivity contribution in [2.24, 2.45) is 11.1 Å². The lowest BCUT2D eigenvalue weighted by Gasteiger charge is -2.20. The van der Waals surface area contributed by atoms with Gasteiger partial charge in [-0.25, -0.2) is 0 Å². The Kier molecular flexibility index (Phi) is 2.24. The van der Waals surface area contributed by atoms with Crippen molar-refractivity contribution in [3.05, 3.63) is 0 Å². The Balaban J connectivity index is 2.51. The maximum atomic E-state index is 12.2. The fraction of sp³-hybridized carbons (Fsp3) is 1.00. The van der Waals surface area contributed by atoms with Crippen LogP contribution in [0.5, 0.6) is 0 Å². The predicted molar refractivity (Wildman–Crippen MR) is 36.2 cm³/mol. The normalized spacial score (nSPS) is 30.9. The summed E-state index contributed by atoms with van der Waals surface area (Å²) >= 11 is 0. The lowest BCUT2D eigenvalue weighted by molar-refractivity contribution is 0.157. The van der Waals surface area contributed by atoms with Crippen LogP contribution >= 0.6 is 0 Å². The van der Waals surface area contributed by atoms with Gasteiger partial charge in [0.15, 0.2) is 0 Å². The Morgan fingerprint density at radius 1 is 1.40 bits per heavy atom. The molecule has 0 amide bonds. The predicted octanol–water partition coefficient (Wildman–Crippen LogP) is 1.42. The molecule has 0 radical (unpaired) electrons. The highest BCUT2D eigenvalue weighted by atomic mass is 19.1. The van der Waals surface area contributed by atoms with E-state index < -0.39 is 18.8 Å². The van der Waals surface area contributed by atoms with Gasteiger partial charge in [0.2, 0.25) is 0 Å². The van der Waals surface area contributed by atoms with Gasteiger partial charge in [0.25, 0.3) is 0 Å². The van der Waals surface area contributed by atoms with E-state index in [0.717, 1.165) is 6.42 Å². The van der Waals surface area contributed by atoms with E-state index in [2.05, 4.69) is 0 Å². The number of alkyl halides is 2. The van der Waals surface area contributed by atoms with Crippen LogP contribution in [0.2, 0.25) is 0 Å². The summed E-state index contributed by atoms with van der Waals surface area (Å²) in [4.78, 5) is 0. The molecule has 1 fully saturated rings. The Morgan fingerprint density at radius 2 is 2.00 bits per heavy atom. The molecule has 1 saturated carbocycles. The van der Waals surface area contributed by atoms with Gasteiger partial charge in [-0.3, -0.25) is 8.78 Å². The molecule has 0 aromatic carbocycles. The molecule has 2 N–H and O–H groups in total. The summed E-state index contributed by atoms with van der Waals surface area (Å²) in [5.41, 5.74) is 4.82. The smallest absolute Gasteiger partial charge is 0.0976 e. The van der Waals surface area contributed by atoms with E-state index in [9.17, 15) is 8.78 Å². The van der Waals surface area contributed by atoms with Crippen LogP contribution in [0, 0.1) is 5.41 Å². The maximum Gasteiger partial charge on any atom is 0.0976 e. The van der Waals surface area contributed by atoms with Crippen molar-refractivity contribution in [2.45, 2.75) is 25.3 Å². The van der Waals surface area contributed by atoms with E-state index in [0.29, 0.717) is 12.8 Å². The van der Waals surface area contributed by atoms with Crippen LogP contribution < -0.4 is 5.73 Å². The molecular formula is C7H13F2N. The van der Waals surface area contributed by atoms with Crippen LogP contribution in [0.3, 0.4) is 0 Å². The molecular weight excluding hydrogens is 136 g/mol. The van der Waals surface area contributed by atoms with Crippen LogP contribution in [0.25, 0.3) is 0 Å². The fourth-order valence-corrected chi connectivity index (χ4v) is 1.53. The molecule has 1 unspecified atom stereocenters. The summed E-state index contributed by atoms with van der Waals surface area (Å²) < 4.78 is 24.5. The van der Waals surface area contributed by atoms with E-state index in [-0.39, 0.29) is 6.04 Å². The van der Waals surface area contributed by atoms with Gasteiger partial charge in [0, 0.05) is 11.5 Å². The summed E-state index contributed by atoms with van der Waals surface area (Å²) in [6.07, 6.45) is 1.90. The first-order valence-electron chi connectivity index (χ1n) is 3.60. The van der Waals surface area contributed by atoms with Crippen LogP contribution in [-0.2, 0) is 0 Å². The fourth-order valence-electron chi connectivity index (χ4n) is 1.53. The van der Waals surface area contributed by atoms with Crippen molar-refractivity contribution >= 4 is 0 Å². The largest absolute Gasteiger partial charge is 0.328 e. The van der Waals surface area contributed by atoms with Crippen molar-refractivity contribution in [3.63, 3.8) is 0 Å². The minimum atomic E-state index is -0.709. The lowest BCUT2D eigenvalue weighted by atomic mass is 9.89. The average molecular weight is 149 g/mol. The van der Waals surface area contributed by atoms with Gasteiger partial charge in [-0.2, -0.15) is 0 Å². The van der Waals surface area contributed by atoms with E-state index in [1.165, 1.54) is 0 Å². The molecule has 0 aromatic rings. The van der Waals surface area contributed by atoms with Gasteiger partial charge >= 0.3 is 0 Å². The minimum absolute atomic E-state index is 0.0199. The van der Waals surface area contributed by atoms with Crippen LogP contribution in [0.1, 0.15) is 19.3 Å². The SMILES string of the molecule is NC1CCC(CF)(CF)C1. The van der Waals surface area contributed by atoms with Gasteiger partial charge in [-0.15, -0.1) is 0 Å². The summed E-state index contributed by atoms with van der Waals surface area (Å²) in [5, 5.41) is 0. The number of nitrogens with two attached hydrogens (primary N) is 1. The quantitative estimate of drug-likeness (QED) is 0.631. The first-order chi connectivity index (χ1) is 4.72. The molecule has 0 heterocycles. The van der Waals surface area contributed by atoms with Crippen molar-refractivity contribution < 1.29 is 8.78 Å². The highest BCUT2D eigenvalue weighted by Crippen LogP contribution is 2.38. The standard InChI is InChI=1S/C7H13F2N/c8-4-7(5-9)2-1-6(10)3-7/h6H,1-5,10H2. The van der Waals surface area contributed by atoms with E-state index in [4.69, 9.17) is 5.73 Å². The Bertz CT molecular complexity index is 112. The second kappa shape index (κ2) is 2.82. The van der Waals surface area contributed by atoms with Crippen molar-refractivity contribution in [2.75, 3.05) is 13.3 Å². The number of halogens is 2. The number of hydrogen-bond acceptors (Lipinski definition) is 1. The molecule has 0 saturated heterocycles. The highest BCUT2D eigenvalue weighted by molar-refractivity contribution is 4.90. The molecule has 60 valence electrons. The van der Waals surface area contributed by atoms with E-state index in [1.54, 1.807) is 0 Å². The molecule has 10 heavy (non-hydrogen) atoms.